The van der Waals surface area contributed by atoms with Crippen molar-refractivity contribution in [2.75, 3.05) is 12.4 Å². The quantitative estimate of drug-likeness (QED) is 0.446. The van der Waals surface area contributed by atoms with Gasteiger partial charge in [0, 0.05) is 17.1 Å². The van der Waals surface area contributed by atoms with Crippen LogP contribution >= 0.6 is 23.2 Å². The van der Waals surface area contributed by atoms with E-state index >= 15 is 0 Å². The highest BCUT2D eigenvalue weighted by Gasteiger charge is 2.16. The van der Waals surface area contributed by atoms with Gasteiger partial charge in [-0.3, -0.25) is 4.79 Å². The van der Waals surface area contributed by atoms with Gasteiger partial charge in [0.2, 0.25) is 0 Å². The van der Waals surface area contributed by atoms with Crippen molar-refractivity contribution in [2.45, 2.75) is 0 Å². The third-order valence-electron chi connectivity index (χ3n) is 4.37. The first-order valence-electron chi connectivity index (χ1n) is 8.72. The van der Waals surface area contributed by atoms with Crippen LogP contribution in [0.4, 0.5) is 5.82 Å². The molecule has 0 saturated carbocycles. The molecule has 2 aromatic heterocycles. The van der Waals surface area contributed by atoms with E-state index in [0.717, 1.165) is 10.9 Å². The summed E-state index contributed by atoms with van der Waals surface area (Å²) in [4.78, 5) is 21.9. The van der Waals surface area contributed by atoms with Crippen LogP contribution < -0.4 is 10.1 Å². The Balaban J connectivity index is 1.81. The molecule has 144 valence electrons. The number of nitrogens with zero attached hydrogens (tertiary/aromatic N) is 2. The van der Waals surface area contributed by atoms with E-state index in [4.69, 9.17) is 32.9 Å². The van der Waals surface area contributed by atoms with Crippen molar-refractivity contribution >= 4 is 45.8 Å². The van der Waals surface area contributed by atoms with Crippen molar-refractivity contribution in [3.8, 4) is 17.0 Å². The lowest BCUT2D eigenvalue weighted by atomic mass is 10.0. The molecule has 0 atom stereocenters. The maximum atomic E-state index is 13.1. The highest BCUT2D eigenvalue weighted by atomic mass is 35.5. The Labute approximate surface area is 177 Å². The van der Waals surface area contributed by atoms with Crippen molar-refractivity contribution in [1.29, 1.82) is 0 Å². The molecule has 2 heterocycles. The van der Waals surface area contributed by atoms with Gasteiger partial charge in [0.25, 0.3) is 5.91 Å². The number of rotatable bonds is 4. The van der Waals surface area contributed by atoms with Crippen LogP contribution in [-0.2, 0) is 0 Å². The van der Waals surface area contributed by atoms with Gasteiger partial charge >= 0.3 is 0 Å². The van der Waals surface area contributed by atoms with Crippen molar-refractivity contribution in [1.82, 2.24) is 9.97 Å². The molecule has 0 radical (unpaired) electrons. The molecule has 2 aromatic carbocycles. The molecule has 0 spiro atoms. The normalized spacial score (nSPS) is 10.7. The maximum absolute atomic E-state index is 13.1. The van der Waals surface area contributed by atoms with E-state index in [1.54, 1.807) is 13.2 Å². The van der Waals surface area contributed by atoms with Crippen LogP contribution in [0.1, 0.15) is 10.4 Å². The van der Waals surface area contributed by atoms with Crippen LogP contribution in [0.25, 0.3) is 22.2 Å². The molecule has 0 fully saturated rings. The van der Waals surface area contributed by atoms with Crippen molar-refractivity contribution in [3.05, 3.63) is 82.5 Å². The first kappa shape index (κ1) is 19.2. The maximum Gasteiger partial charge on any atom is 0.257 e. The number of fused-ring (bicyclic) bond motifs is 1. The smallest absolute Gasteiger partial charge is 0.257 e. The molecule has 1 amide bonds. The Morgan fingerprint density at radius 2 is 1.86 bits per heavy atom. The summed E-state index contributed by atoms with van der Waals surface area (Å²) in [5, 5.41) is 4.13. The number of hydrogen-bond acceptors (Lipinski definition) is 4. The Bertz CT molecular complexity index is 1230. The summed E-state index contributed by atoms with van der Waals surface area (Å²) in [6, 6.07) is 18.2. The van der Waals surface area contributed by atoms with Crippen LogP contribution in [-0.4, -0.2) is 23.0 Å². The zero-order valence-electron chi connectivity index (χ0n) is 15.3. The number of methoxy groups -OCH3 is 1. The van der Waals surface area contributed by atoms with Crippen LogP contribution in [0, 0.1) is 0 Å². The Morgan fingerprint density at radius 3 is 2.66 bits per heavy atom. The van der Waals surface area contributed by atoms with E-state index in [0.29, 0.717) is 27.5 Å². The fraction of sp³-hybridized carbons (Fsp3) is 0.0455. The Hall–Kier alpha value is -3.15. The van der Waals surface area contributed by atoms with Crippen molar-refractivity contribution in [3.63, 3.8) is 0 Å². The van der Waals surface area contributed by atoms with E-state index < -0.39 is 0 Å². The SMILES string of the molecule is COc1cccc(-c2cc(C(=O)Nc3ncc(Cl)cc3Cl)c3ccccc3n2)c1. The minimum atomic E-state index is -0.343. The number of nitrogens with one attached hydrogen (secondary N) is 1. The third kappa shape index (κ3) is 4.01. The number of ether oxygens (including phenoxy) is 1. The van der Waals surface area contributed by atoms with Gasteiger partial charge in [0.1, 0.15) is 5.75 Å². The number of para-hydroxylation sites is 1. The molecule has 29 heavy (non-hydrogen) atoms. The predicted molar refractivity (Wildman–Crippen MR) is 116 cm³/mol. The lowest BCUT2D eigenvalue weighted by molar-refractivity contribution is 0.102. The first-order valence-corrected chi connectivity index (χ1v) is 9.47. The van der Waals surface area contributed by atoms with Crippen molar-refractivity contribution in [2.24, 2.45) is 0 Å². The van der Waals surface area contributed by atoms with E-state index in [1.165, 1.54) is 12.3 Å². The molecule has 4 rings (SSSR count). The second kappa shape index (κ2) is 8.07. The number of halogens is 2. The largest absolute Gasteiger partial charge is 0.497 e. The number of carbonyl (C=O) groups is 1. The predicted octanol–water partition coefficient (Wildman–Crippen LogP) is 5.86. The average molecular weight is 424 g/mol. The lowest BCUT2D eigenvalue weighted by Crippen LogP contribution is -2.14. The standard InChI is InChI=1S/C22H15Cl2N3O2/c1-29-15-6-4-5-13(9-15)20-11-17(16-7-2-3-8-19(16)26-20)22(28)27-21-18(24)10-14(23)12-25-21/h2-12H,1H3,(H,25,27,28). The summed E-state index contributed by atoms with van der Waals surface area (Å²) in [7, 11) is 1.61. The van der Waals surface area contributed by atoms with Gasteiger partial charge in [-0.05, 0) is 30.3 Å². The van der Waals surface area contributed by atoms with Gasteiger partial charge in [0.15, 0.2) is 5.82 Å². The van der Waals surface area contributed by atoms with Gasteiger partial charge in [-0.2, -0.15) is 0 Å². The topological polar surface area (TPSA) is 64.1 Å². The minimum Gasteiger partial charge on any atom is -0.497 e. The zero-order valence-corrected chi connectivity index (χ0v) is 16.8. The fourth-order valence-electron chi connectivity index (χ4n) is 2.97. The molecule has 5 nitrogen and oxygen atoms in total. The van der Waals surface area contributed by atoms with Crippen LogP contribution in [0.3, 0.4) is 0 Å². The van der Waals surface area contributed by atoms with Crippen LogP contribution in [0.15, 0.2) is 66.9 Å². The molecule has 4 aromatic rings. The van der Waals surface area contributed by atoms with Gasteiger partial charge in [-0.1, -0.05) is 53.5 Å². The summed E-state index contributed by atoms with van der Waals surface area (Å²) < 4.78 is 5.30. The van der Waals surface area contributed by atoms with Gasteiger partial charge in [0.05, 0.1) is 33.9 Å². The molecule has 0 saturated heterocycles. The summed E-state index contributed by atoms with van der Waals surface area (Å²) in [5.74, 6) is 0.606. The molecule has 0 aliphatic rings. The number of amides is 1. The summed E-state index contributed by atoms with van der Waals surface area (Å²) in [6.07, 6.45) is 1.43. The molecule has 0 aliphatic heterocycles. The summed E-state index contributed by atoms with van der Waals surface area (Å²) >= 11 is 12.0. The second-order valence-corrected chi connectivity index (χ2v) is 7.09. The third-order valence-corrected chi connectivity index (χ3v) is 4.86. The Kier molecular flexibility index (Phi) is 5.34. The molecule has 0 unspecified atom stereocenters. The van der Waals surface area contributed by atoms with Gasteiger partial charge < -0.3 is 10.1 Å². The highest BCUT2D eigenvalue weighted by molar-refractivity contribution is 6.36. The monoisotopic (exact) mass is 423 g/mol. The zero-order chi connectivity index (χ0) is 20.4. The lowest BCUT2D eigenvalue weighted by Gasteiger charge is -2.11. The number of pyridine rings is 2. The Morgan fingerprint density at radius 1 is 1.03 bits per heavy atom. The molecule has 0 bridgehead atoms. The number of carbonyl (C=O) groups excluding carboxylic acids is 1. The number of aromatic nitrogens is 2. The summed E-state index contributed by atoms with van der Waals surface area (Å²) in [6.45, 7) is 0. The number of anilines is 1. The van der Waals surface area contributed by atoms with Gasteiger partial charge in [-0.25, -0.2) is 9.97 Å². The van der Waals surface area contributed by atoms with Gasteiger partial charge in [-0.15, -0.1) is 0 Å². The fourth-order valence-corrected chi connectivity index (χ4v) is 3.40. The molecular formula is C22H15Cl2N3O2. The number of benzene rings is 2. The molecule has 1 N–H and O–H groups in total. The highest BCUT2D eigenvalue weighted by Crippen LogP contribution is 2.29. The van der Waals surface area contributed by atoms with Crippen molar-refractivity contribution < 1.29 is 9.53 Å². The first-order chi connectivity index (χ1) is 14.0. The van der Waals surface area contributed by atoms with Crippen LogP contribution in [0.2, 0.25) is 10.0 Å². The summed E-state index contributed by atoms with van der Waals surface area (Å²) in [5.41, 5.74) is 2.66. The minimum absolute atomic E-state index is 0.241. The number of hydrogen-bond donors (Lipinski definition) is 1. The van der Waals surface area contributed by atoms with E-state index in [9.17, 15) is 4.79 Å². The van der Waals surface area contributed by atoms with Crippen LogP contribution in [0.5, 0.6) is 5.75 Å². The van der Waals surface area contributed by atoms with E-state index in [2.05, 4.69) is 10.3 Å². The second-order valence-electron chi connectivity index (χ2n) is 6.24. The van der Waals surface area contributed by atoms with E-state index in [1.807, 2.05) is 48.5 Å². The average Bonchev–Trinajstić information content (AvgIpc) is 2.75. The molecule has 7 heteroatoms. The van der Waals surface area contributed by atoms with E-state index in [-0.39, 0.29) is 16.7 Å². The molecule has 0 aliphatic carbocycles. The molecular weight excluding hydrogens is 409 g/mol.